The molecule has 24 heavy (non-hydrogen) atoms. The van der Waals surface area contributed by atoms with Gasteiger partial charge in [0.05, 0.1) is 6.04 Å². The Morgan fingerprint density at radius 2 is 1.83 bits per heavy atom. The highest BCUT2D eigenvalue weighted by Gasteiger charge is 2.19. The largest absolute Gasteiger partial charge is 0.481 e. The van der Waals surface area contributed by atoms with Crippen molar-refractivity contribution in [1.29, 1.82) is 0 Å². The predicted octanol–water partition coefficient (Wildman–Crippen LogP) is 4.51. The molecule has 0 fully saturated rings. The number of aryl methyl sites for hydroxylation is 3. The summed E-state index contributed by atoms with van der Waals surface area (Å²) in [7, 11) is 0. The van der Waals surface area contributed by atoms with Gasteiger partial charge >= 0.3 is 0 Å². The van der Waals surface area contributed by atoms with Gasteiger partial charge in [-0.15, -0.1) is 0 Å². The number of hydrogen-bond donors (Lipinski definition) is 1. The average Bonchev–Trinajstić information content (AvgIpc) is 2.55. The van der Waals surface area contributed by atoms with Crippen LogP contribution in [0.5, 0.6) is 5.75 Å². The zero-order chi connectivity index (χ0) is 17.7. The van der Waals surface area contributed by atoms with Gasteiger partial charge in [0, 0.05) is 0 Å². The fourth-order valence-electron chi connectivity index (χ4n) is 2.87. The lowest BCUT2D eigenvalue weighted by Crippen LogP contribution is -2.38. The van der Waals surface area contributed by atoms with Crippen LogP contribution in [0.25, 0.3) is 0 Å². The number of benzene rings is 2. The molecular weight excluding hydrogens is 298 g/mol. The molecule has 2 rings (SSSR count). The Bertz CT molecular complexity index is 709. The molecule has 0 bridgehead atoms. The van der Waals surface area contributed by atoms with Crippen molar-refractivity contribution in [3.8, 4) is 5.75 Å². The molecule has 3 nitrogen and oxygen atoms in total. The van der Waals surface area contributed by atoms with Gasteiger partial charge in [-0.05, 0) is 56.9 Å². The smallest absolute Gasteiger partial charge is 0.261 e. The lowest BCUT2D eigenvalue weighted by atomic mass is 10.00. The van der Waals surface area contributed by atoms with Gasteiger partial charge < -0.3 is 10.1 Å². The van der Waals surface area contributed by atoms with Crippen LogP contribution in [0.2, 0.25) is 0 Å². The second-order valence-electron chi connectivity index (χ2n) is 6.31. The first-order valence-corrected chi connectivity index (χ1v) is 8.54. The van der Waals surface area contributed by atoms with Crippen LogP contribution in [-0.2, 0) is 11.2 Å². The lowest BCUT2D eigenvalue weighted by Gasteiger charge is -2.21. The van der Waals surface area contributed by atoms with E-state index in [0.29, 0.717) is 0 Å². The Labute approximate surface area is 145 Å². The topological polar surface area (TPSA) is 38.3 Å². The number of para-hydroxylation sites is 1. The SMILES string of the molecule is CCc1ccccc1OC(C)C(=O)NC(C)c1ccc(C)cc1C. The van der Waals surface area contributed by atoms with Crippen molar-refractivity contribution in [2.24, 2.45) is 0 Å². The van der Waals surface area contributed by atoms with E-state index in [1.165, 1.54) is 11.1 Å². The number of rotatable bonds is 6. The second kappa shape index (κ2) is 8.00. The summed E-state index contributed by atoms with van der Waals surface area (Å²) in [5.41, 5.74) is 4.66. The molecule has 0 spiro atoms. The molecule has 0 heterocycles. The summed E-state index contributed by atoms with van der Waals surface area (Å²) in [5, 5.41) is 3.05. The molecule has 128 valence electrons. The highest BCUT2D eigenvalue weighted by atomic mass is 16.5. The van der Waals surface area contributed by atoms with Crippen molar-refractivity contribution in [3.05, 3.63) is 64.7 Å². The first-order valence-electron chi connectivity index (χ1n) is 8.54. The molecule has 0 radical (unpaired) electrons. The maximum absolute atomic E-state index is 12.5. The Hall–Kier alpha value is -2.29. The first kappa shape index (κ1) is 18.1. The molecule has 0 aliphatic rings. The van der Waals surface area contributed by atoms with Crippen LogP contribution in [0.3, 0.4) is 0 Å². The van der Waals surface area contributed by atoms with Crippen LogP contribution >= 0.6 is 0 Å². The van der Waals surface area contributed by atoms with E-state index in [9.17, 15) is 4.79 Å². The van der Waals surface area contributed by atoms with Gasteiger partial charge in [-0.1, -0.05) is 48.9 Å². The fourth-order valence-corrected chi connectivity index (χ4v) is 2.87. The van der Waals surface area contributed by atoms with Gasteiger partial charge in [0.1, 0.15) is 5.75 Å². The standard InChI is InChI=1S/C21H27NO2/c1-6-18-9-7-8-10-20(18)24-17(5)21(23)22-16(4)19-12-11-14(2)13-15(19)3/h7-13,16-17H,6H2,1-5H3,(H,22,23). The molecule has 2 aromatic rings. The van der Waals surface area contributed by atoms with Crippen LogP contribution in [0, 0.1) is 13.8 Å². The quantitative estimate of drug-likeness (QED) is 0.848. The number of carbonyl (C=O) groups excluding carboxylic acids is 1. The summed E-state index contributed by atoms with van der Waals surface area (Å²) >= 11 is 0. The van der Waals surface area contributed by atoms with Gasteiger partial charge in [-0.2, -0.15) is 0 Å². The maximum Gasteiger partial charge on any atom is 0.261 e. The number of amides is 1. The molecule has 0 saturated carbocycles. The molecule has 2 aromatic carbocycles. The average molecular weight is 325 g/mol. The Morgan fingerprint density at radius 3 is 2.50 bits per heavy atom. The third-order valence-corrected chi connectivity index (χ3v) is 4.28. The summed E-state index contributed by atoms with van der Waals surface area (Å²) in [6.45, 7) is 10.0. The molecule has 2 atom stereocenters. The van der Waals surface area contributed by atoms with Crippen LogP contribution in [-0.4, -0.2) is 12.0 Å². The molecule has 0 saturated heterocycles. The van der Waals surface area contributed by atoms with Crippen molar-refractivity contribution in [2.45, 2.75) is 53.2 Å². The third kappa shape index (κ3) is 4.38. The Balaban J connectivity index is 2.03. The minimum absolute atomic E-state index is 0.0504. The predicted molar refractivity (Wildman–Crippen MR) is 98.4 cm³/mol. The highest BCUT2D eigenvalue weighted by molar-refractivity contribution is 5.81. The van der Waals surface area contributed by atoms with Crippen molar-refractivity contribution >= 4 is 5.91 Å². The van der Waals surface area contributed by atoms with E-state index in [4.69, 9.17) is 4.74 Å². The van der Waals surface area contributed by atoms with E-state index in [1.807, 2.05) is 31.2 Å². The third-order valence-electron chi connectivity index (χ3n) is 4.28. The normalized spacial score (nSPS) is 13.2. The summed E-state index contributed by atoms with van der Waals surface area (Å²) in [4.78, 5) is 12.5. The molecule has 2 unspecified atom stereocenters. The van der Waals surface area contributed by atoms with E-state index in [0.717, 1.165) is 23.3 Å². The highest BCUT2D eigenvalue weighted by Crippen LogP contribution is 2.21. The molecule has 0 aliphatic heterocycles. The summed E-state index contributed by atoms with van der Waals surface area (Å²) in [6, 6.07) is 14.1. The van der Waals surface area contributed by atoms with E-state index in [2.05, 4.69) is 44.3 Å². The fraction of sp³-hybridized carbons (Fsp3) is 0.381. The van der Waals surface area contributed by atoms with Crippen LogP contribution in [0.15, 0.2) is 42.5 Å². The van der Waals surface area contributed by atoms with Gasteiger partial charge in [0.15, 0.2) is 6.10 Å². The summed E-state index contributed by atoms with van der Waals surface area (Å²) in [6.07, 6.45) is 0.342. The van der Waals surface area contributed by atoms with Gasteiger partial charge in [-0.3, -0.25) is 4.79 Å². The van der Waals surface area contributed by atoms with E-state index < -0.39 is 6.10 Å². The van der Waals surface area contributed by atoms with Gasteiger partial charge in [-0.25, -0.2) is 0 Å². The molecular formula is C21H27NO2. The minimum Gasteiger partial charge on any atom is -0.481 e. The van der Waals surface area contributed by atoms with Crippen LogP contribution in [0.1, 0.15) is 49.1 Å². The molecule has 0 aliphatic carbocycles. The Kier molecular flexibility index (Phi) is 6.02. The van der Waals surface area contributed by atoms with Crippen LogP contribution < -0.4 is 10.1 Å². The van der Waals surface area contributed by atoms with Crippen molar-refractivity contribution in [3.63, 3.8) is 0 Å². The summed E-state index contributed by atoms with van der Waals surface area (Å²) < 4.78 is 5.87. The molecule has 3 heteroatoms. The van der Waals surface area contributed by atoms with E-state index in [1.54, 1.807) is 6.92 Å². The zero-order valence-corrected chi connectivity index (χ0v) is 15.2. The monoisotopic (exact) mass is 325 g/mol. The van der Waals surface area contributed by atoms with Gasteiger partial charge in [0.25, 0.3) is 5.91 Å². The number of carbonyl (C=O) groups is 1. The number of hydrogen-bond acceptors (Lipinski definition) is 2. The van der Waals surface area contributed by atoms with Crippen LogP contribution in [0.4, 0.5) is 0 Å². The maximum atomic E-state index is 12.5. The summed E-state index contributed by atoms with van der Waals surface area (Å²) in [5.74, 6) is 0.676. The minimum atomic E-state index is -0.536. The molecule has 0 aromatic heterocycles. The van der Waals surface area contributed by atoms with Crippen molar-refractivity contribution in [1.82, 2.24) is 5.32 Å². The van der Waals surface area contributed by atoms with Crippen molar-refractivity contribution in [2.75, 3.05) is 0 Å². The van der Waals surface area contributed by atoms with Crippen molar-refractivity contribution < 1.29 is 9.53 Å². The molecule has 1 N–H and O–H groups in total. The van der Waals surface area contributed by atoms with E-state index in [-0.39, 0.29) is 11.9 Å². The lowest BCUT2D eigenvalue weighted by molar-refractivity contribution is -0.127. The second-order valence-corrected chi connectivity index (χ2v) is 6.31. The zero-order valence-electron chi connectivity index (χ0n) is 15.2. The number of ether oxygens (including phenoxy) is 1. The number of nitrogens with one attached hydrogen (secondary N) is 1. The first-order chi connectivity index (χ1) is 11.4. The molecule has 1 amide bonds. The van der Waals surface area contributed by atoms with Gasteiger partial charge in [0.2, 0.25) is 0 Å². The van der Waals surface area contributed by atoms with E-state index >= 15 is 0 Å². The Morgan fingerprint density at radius 1 is 1.12 bits per heavy atom.